The number of nitrogens with two attached hydrogens (primary N) is 1. The van der Waals surface area contributed by atoms with Gasteiger partial charge >= 0.3 is 6.09 Å². The molecule has 2 aromatic rings. The number of primary amides is 1. The third kappa shape index (κ3) is 10.7. The number of benzene rings is 2. The highest BCUT2D eigenvalue weighted by Crippen LogP contribution is 2.27. The van der Waals surface area contributed by atoms with Crippen LogP contribution < -0.4 is 16.4 Å². The van der Waals surface area contributed by atoms with Gasteiger partial charge in [0.25, 0.3) is 5.91 Å². The van der Waals surface area contributed by atoms with Crippen molar-refractivity contribution >= 4 is 35.6 Å². The molecule has 9 nitrogen and oxygen atoms in total. The van der Waals surface area contributed by atoms with E-state index in [2.05, 4.69) is 17.2 Å². The molecule has 0 aromatic heterocycles. The van der Waals surface area contributed by atoms with E-state index in [0.717, 1.165) is 24.0 Å². The van der Waals surface area contributed by atoms with Crippen molar-refractivity contribution in [3.63, 3.8) is 0 Å². The number of unbranched alkanes of at least 4 members (excludes halogenated alkanes) is 2. The molecule has 9 heteroatoms. The molecule has 0 aliphatic carbocycles. The standard InChI is InChI=1S/C32H44N4O5/c1-7-9-12-20-36(30(39)26(18-19-27(33)37)35-31(40)41-32(4,5)6)28(24-16-13-15-23(8-2)21-24)29(38)34-25-17-11-10-14-22(25)3/h8,10-11,13-17,21,26,28H,2,7,9,12,18-20H2,1,3-6H3,(H2,33,37)(H,34,38)(H,35,40). The Morgan fingerprint density at radius 2 is 1.78 bits per heavy atom. The number of nitrogens with one attached hydrogen (secondary N) is 2. The highest BCUT2D eigenvalue weighted by molar-refractivity contribution is 5.99. The summed E-state index contributed by atoms with van der Waals surface area (Å²) >= 11 is 0. The van der Waals surface area contributed by atoms with Gasteiger partial charge < -0.3 is 26.0 Å². The Labute approximate surface area is 243 Å². The minimum atomic E-state index is -1.14. The predicted molar refractivity (Wildman–Crippen MR) is 162 cm³/mol. The van der Waals surface area contributed by atoms with E-state index in [1.807, 2.05) is 44.2 Å². The Kier molecular flexibility index (Phi) is 12.6. The summed E-state index contributed by atoms with van der Waals surface area (Å²) in [7, 11) is 0. The van der Waals surface area contributed by atoms with Crippen molar-refractivity contribution in [1.29, 1.82) is 0 Å². The monoisotopic (exact) mass is 564 g/mol. The zero-order valence-electron chi connectivity index (χ0n) is 24.9. The molecule has 2 atom stereocenters. The number of ether oxygens (including phenoxy) is 1. The second-order valence-electron chi connectivity index (χ2n) is 11.0. The molecule has 222 valence electrons. The van der Waals surface area contributed by atoms with E-state index < -0.39 is 41.5 Å². The van der Waals surface area contributed by atoms with Gasteiger partial charge in [0.05, 0.1) is 0 Å². The van der Waals surface area contributed by atoms with Crippen LogP contribution in [-0.4, -0.2) is 46.9 Å². The number of nitrogens with zero attached hydrogens (tertiary/aromatic N) is 1. The minimum Gasteiger partial charge on any atom is -0.444 e. The first kappa shape index (κ1) is 33.1. The Balaban J connectivity index is 2.59. The summed E-state index contributed by atoms with van der Waals surface area (Å²) in [4.78, 5) is 54.2. The molecule has 2 unspecified atom stereocenters. The summed E-state index contributed by atoms with van der Waals surface area (Å²) in [6.07, 6.45) is 3.04. The lowest BCUT2D eigenvalue weighted by molar-refractivity contribution is -0.141. The molecule has 4 N–H and O–H groups in total. The summed E-state index contributed by atoms with van der Waals surface area (Å²) in [5.41, 5.74) is 7.46. The van der Waals surface area contributed by atoms with E-state index in [9.17, 15) is 19.2 Å². The van der Waals surface area contributed by atoms with Crippen molar-refractivity contribution in [2.75, 3.05) is 11.9 Å². The van der Waals surface area contributed by atoms with Crippen LogP contribution in [-0.2, 0) is 19.1 Å². The molecule has 2 rings (SSSR count). The third-order valence-electron chi connectivity index (χ3n) is 6.38. The maximum absolute atomic E-state index is 14.2. The number of anilines is 1. The number of rotatable bonds is 14. The van der Waals surface area contributed by atoms with Gasteiger partial charge in [-0.3, -0.25) is 14.4 Å². The lowest BCUT2D eigenvalue weighted by Crippen LogP contribution is -2.52. The van der Waals surface area contributed by atoms with Crippen LogP contribution in [0.5, 0.6) is 0 Å². The lowest BCUT2D eigenvalue weighted by Gasteiger charge is -2.35. The molecule has 0 saturated carbocycles. The number of alkyl carbamates (subject to hydrolysis) is 1. The maximum atomic E-state index is 14.2. The van der Waals surface area contributed by atoms with Crippen LogP contribution in [0.1, 0.15) is 82.5 Å². The summed E-state index contributed by atoms with van der Waals surface area (Å²) in [6.45, 7) is 13.2. The Morgan fingerprint density at radius 1 is 1.07 bits per heavy atom. The van der Waals surface area contributed by atoms with Crippen molar-refractivity contribution in [2.24, 2.45) is 5.73 Å². The van der Waals surface area contributed by atoms with Gasteiger partial charge in [0.2, 0.25) is 11.8 Å². The molecule has 0 aliphatic heterocycles. The average molecular weight is 565 g/mol. The zero-order valence-corrected chi connectivity index (χ0v) is 24.9. The van der Waals surface area contributed by atoms with Crippen molar-refractivity contribution < 1.29 is 23.9 Å². The Hall–Kier alpha value is -4.14. The summed E-state index contributed by atoms with van der Waals surface area (Å²) in [5, 5.41) is 5.61. The van der Waals surface area contributed by atoms with Gasteiger partial charge in [-0.1, -0.05) is 68.8 Å². The number of carbonyl (C=O) groups excluding carboxylic acids is 4. The molecule has 2 aromatic carbocycles. The van der Waals surface area contributed by atoms with Gasteiger partial charge in [-0.2, -0.15) is 0 Å². The quantitative estimate of drug-likeness (QED) is 0.261. The smallest absolute Gasteiger partial charge is 0.408 e. The fourth-order valence-corrected chi connectivity index (χ4v) is 4.34. The van der Waals surface area contributed by atoms with Crippen LogP contribution >= 0.6 is 0 Å². The molecular formula is C32H44N4O5. The van der Waals surface area contributed by atoms with Crippen molar-refractivity contribution in [2.45, 2.75) is 84.4 Å². The summed E-state index contributed by atoms with van der Waals surface area (Å²) < 4.78 is 5.39. The molecule has 4 amide bonds. The molecule has 0 saturated heterocycles. The first-order valence-electron chi connectivity index (χ1n) is 14.0. The molecule has 0 aliphatic rings. The van der Waals surface area contributed by atoms with E-state index in [1.165, 1.54) is 4.90 Å². The van der Waals surface area contributed by atoms with Crippen LogP contribution in [0.15, 0.2) is 55.1 Å². The fourth-order valence-electron chi connectivity index (χ4n) is 4.34. The van der Waals surface area contributed by atoms with Crippen molar-refractivity contribution in [1.82, 2.24) is 10.2 Å². The number of amides is 4. The van der Waals surface area contributed by atoms with Crippen molar-refractivity contribution in [3.8, 4) is 0 Å². The normalized spacial score (nSPS) is 12.5. The highest BCUT2D eigenvalue weighted by Gasteiger charge is 2.36. The minimum absolute atomic E-state index is 0.0451. The van der Waals surface area contributed by atoms with Crippen LogP contribution in [0.25, 0.3) is 6.08 Å². The van der Waals surface area contributed by atoms with Gasteiger partial charge in [-0.15, -0.1) is 0 Å². The van der Waals surface area contributed by atoms with E-state index in [1.54, 1.807) is 45.0 Å². The molecule has 41 heavy (non-hydrogen) atoms. The number of hydrogen-bond donors (Lipinski definition) is 3. The van der Waals surface area contributed by atoms with Crippen LogP contribution in [0.2, 0.25) is 0 Å². The van der Waals surface area contributed by atoms with Crippen LogP contribution in [0.3, 0.4) is 0 Å². The second kappa shape index (κ2) is 15.6. The fraction of sp³-hybridized carbons (Fsp3) is 0.438. The summed E-state index contributed by atoms with van der Waals surface area (Å²) in [6, 6.07) is 12.5. The Morgan fingerprint density at radius 3 is 2.39 bits per heavy atom. The van der Waals surface area contributed by atoms with E-state index in [0.29, 0.717) is 17.7 Å². The van der Waals surface area contributed by atoms with E-state index in [4.69, 9.17) is 10.5 Å². The molecule has 0 heterocycles. The third-order valence-corrected chi connectivity index (χ3v) is 6.38. The largest absolute Gasteiger partial charge is 0.444 e. The Bertz CT molecular complexity index is 1220. The topological polar surface area (TPSA) is 131 Å². The number of aryl methyl sites for hydroxylation is 1. The predicted octanol–water partition coefficient (Wildman–Crippen LogP) is 5.50. The van der Waals surface area contributed by atoms with Crippen molar-refractivity contribution in [3.05, 3.63) is 71.8 Å². The average Bonchev–Trinajstić information content (AvgIpc) is 2.90. The first-order valence-corrected chi connectivity index (χ1v) is 14.0. The van der Waals surface area contributed by atoms with E-state index in [-0.39, 0.29) is 19.4 Å². The SMILES string of the molecule is C=Cc1cccc(C(C(=O)Nc2ccccc2C)N(CCCCC)C(=O)C(CCC(N)=O)NC(=O)OC(C)(C)C)c1. The molecule has 0 fully saturated rings. The maximum Gasteiger partial charge on any atom is 0.408 e. The number of carbonyl (C=O) groups is 4. The van der Waals surface area contributed by atoms with Crippen LogP contribution in [0, 0.1) is 6.92 Å². The number of para-hydroxylation sites is 1. The first-order chi connectivity index (χ1) is 19.4. The molecule has 0 spiro atoms. The summed E-state index contributed by atoms with van der Waals surface area (Å²) in [5.74, 6) is -1.53. The highest BCUT2D eigenvalue weighted by atomic mass is 16.6. The van der Waals surface area contributed by atoms with Gasteiger partial charge in [0.15, 0.2) is 0 Å². The lowest BCUT2D eigenvalue weighted by atomic mass is 9.99. The van der Waals surface area contributed by atoms with Gasteiger partial charge in [-0.25, -0.2) is 4.79 Å². The molecule has 0 radical (unpaired) electrons. The van der Waals surface area contributed by atoms with E-state index >= 15 is 0 Å². The van der Waals surface area contributed by atoms with Gasteiger partial charge in [0, 0.05) is 18.7 Å². The number of hydrogen-bond acceptors (Lipinski definition) is 5. The molecular weight excluding hydrogens is 520 g/mol. The second-order valence-corrected chi connectivity index (χ2v) is 11.0. The van der Waals surface area contributed by atoms with Gasteiger partial charge in [-0.05, 0) is 69.4 Å². The zero-order chi connectivity index (χ0) is 30.6. The van der Waals surface area contributed by atoms with Gasteiger partial charge in [0.1, 0.15) is 17.7 Å². The van der Waals surface area contributed by atoms with Crippen LogP contribution in [0.4, 0.5) is 10.5 Å². The molecule has 0 bridgehead atoms.